The topological polar surface area (TPSA) is 32.8 Å². The largest absolute Gasteiger partial charge is 0.462 e. The molecule has 6 aromatic carbocycles. The van der Waals surface area contributed by atoms with Crippen LogP contribution in [0.4, 0.5) is 34.1 Å². The van der Waals surface area contributed by atoms with Gasteiger partial charge in [-0.15, -0.1) is 0 Å². The molecule has 0 aliphatic carbocycles. The second-order valence-electron chi connectivity index (χ2n) is 12.4. The van der Waals surface area contributed by atoms with Crippen LogP contribution in [0.2, 0.25) is 0 Å². The lowest BCUT2D eigenvalue weighted by Gasteiger charge is -2.28. The molecule has 0 bridgehead atoms. The van der Waals surface area contributed by atoms with Crippen LogP contribution in [0.25, 0.3) is 11.1 Å². The number of hydrogen-bond acceptors (Lipinski definition) is 4. The number of carbonyl (C=O) groups is 1. The van der Waals surface area contributed by atoms with Crippen molar-refractivity contribution in [3.05, 3.63) is 181 Å². The molecule has 0 spiro atoms. The fourth-order valence-corrected chi connectivity index (χ4v) is 6.08. The van der Waals surface area contributed by atoms with Gasteiger partial charge in [0.05, 0.1) is 6.61 Å². The number of anilines is 6. The van der Waals surface area contributed by atoms with Crippen molar-refractivity contribution in [2.75, 3.05) is 16.4 Å². The molecule has 0 heterocycles. The number of ether oxygens (including phenoxy) is 1. The average molecular weight is 643 g/mol. The van der Waals surface area contributed by atoms with Crippen LogP contribution in [0.3, 0.4) is 0 Å². The van der Waals surface area contributed by atoms with E-state index in [0.717, 1.165) is 58.1 Å². The molecule has 0 N–H and O–H groups in total. The van der Waals surface area contributed by atoms with E-state index in [1.807, 2.05) is 6.07 Å². The van der Waals surface area contributed by atoms with E-state index >= 15 is 0 Å². The zero-order valence-electron chi connectivity index (χ0n) is 28.5. The first kappa shape index (κ1) is 33.0. The van der Waals surface area contributed by atoms with Crippen molar-refractivity contribution in [3.8, 4) is 11.1 Å². The number of esters is 1. The lowest BCUT2D eigenvalue weighted by molar-refractivity contribution is -0.139. The molecule has 49 heavy (non-hydrogen) atoms. The summed E-state index contributed by atoms with van der Waals surface area (Å²) < 4.78 is 5.38. The second kappa shape index (κ2) is 15.4. The van der Waals surface area contributed by atoms with Gasteiger partial charge in [-0.05, 0) is 128 Å². The summed E-state index contributed by atoms with van der Waals surface area (Å²) in [6, 6.07) is 53.7. The van der Waals surface area contributed by atoms with Gasteiger partial charge in [0.1, 0.15) is 0 Å². The Labute approximate surface area is 290 Å². The van der Waals surface area contributed by atoms with Crippen LogP contribution in [0.15, 0.2) is 164 Å². The fourth-order valence-electron chi connectivity index (χ4n) is 6.08. The minimum atomic E-state index is -0.343. The Kier molecular flexibility index (Phi) is 10.4. The van der Waals surface area contributed by atoms with Crippen LogP contribution >= 0.6 is 0 Å². The van der Waals surface area contributed by atoms with Gasteiger partial charge in [0, 0.05) is 39.7 Å². The maximum atomic E-state index is 11.9. The lowest BCUT2D eigenvalue weighted by Crippen LogP contribution is -2.13. The van der Waals surface area contributed by atoms with E-state index in [2.05, 4.69) is 176 Å². The Balaban J connectivity index is 1.29. The predicted octanol–water partition coefficient (Wildman–Crippen LogP) is 12.0. The minimum absolute atomic E-state index is 0.343. The van der Waals surface area contributed by atoms with Crippen LogP contribution in [-0.4, -0.2) is 12.6 Å². The number of rotatable bonds is 12. The monoisotopic (exact) mass is 642 g/mol. The fraction of sp³-hybridized carbons (Fsp3) is 0.133. The summed E-state index contributed by atoms with van der Waals surface area (Å²) in [6.07, 6.45) is 1.49. The van der Waals surface area contributed by atoms with Crippen molar-refractivity contribution in [1.29, 1.82) is 0 Å². The lowest BCUT2D eigenvalue weighted by atomic mass is 10.0. The highest BCUT2D eigenvalue weighted by atomic mass is 16.5. The normalized spacial score (nSPS) is 10.8. The number of aryl methyl sites for hydroxylation is 3. The van der Waals surface area contributed by atoms with Gasteiger partial charge in [0.25, 0.3) is 0 Å². The van der Waals surface area contributed by atoms with Gasteiger partial charge in [-0.1, -0.05) is 91.5 Å². The molecule has 0 unspecified atom stereocenters. The number of para-hydroxylation sites is 2. The molecule has 244 valence electrons. The van der Waals surface area contributed by atoms with Crippen molar-refractivity contribution in [3.63, 3.8) is 0 Å². The quantitative estimate of drug-likeness (QED) is 0.0755. The first-order chi connectivity index (χ1) is 23.9. The Hall–Kier alpha value is -5.87. The van der Waals surface area contributed by atoms with Crippen molar-refractivity contribution < 1.29 is 9.53 Å². The Morgan fingerprint density at radius 3 is 1.63 bits per heavy atom. The zero-order chi connectivity index (χ0) is 34.2. The molecule has 6 aromatic rings. The molecule has 0 fully saturated rings. The molecule has 0 aromatic heterocycles. The van der Waals surface area contributed by atoms with Crippen LogP contribution < -0.4 is 9.80 Å². The van der Waals surface area contributed by atoms with Crippen molar-refractivity contribution in [2.45, 2.75) is 33.6 Å². The summed E-state index contributed by atoms with van der Waals surface area (Å²) in [5, 5.41) is 0. The highest BCUT2D eigenvalue weighted by molar-refractivity contribution is 5.87. The Morgan fingerprint density at radius 1 is 0.571 bits per heavy atom. The summed E-state index contributed by atoms with van der Waals surface area (Å²) in [4.78, 5) is 16.5. The van der Waals surface area contributed by atoms with Gasteiger partial charge < -0.3 is 14.5 Å². The smallest absolute Gasteiger partial charge is 0.333 e. The summed E-state index contributed by atoms with van der Waals surface area (Å²) in [7, 11) is 0. The third-order valence-electron chi connectivity index (χ3n) is 8.52. The van der Waals surface area contributed by atoms with Crippen molar-refractivity contribution in [1.82, 2.24) is 0 Å². The van der Waals surface area contributed by atoms with Crippen LogP contribution in [0, 0.1) is 13.8 Å². The van der Waals surface area contributed by atoms with E-state index in [4.69, 9.17) is 4.74 Å². The Morgan fingerprint density at radius 2 is 1.06 bits per heavy atom. The molecule has 0 atom stereocenters. The van der Waals surface area contributed by atoms with Crippen LogP contribution in [0.5, 0.6) is 0 Å². The maximum absolute atomic E-state index is 11.9. The van der Waals surface area contributed by atoms with Gasteiger partial charge in [0.15, 0.2) is 0 Å². The predicted molar refractivity (Wildman–Crippen MR) is 205 cm³/mol. The minimum Gasteiger partial charge on any atom is -0.462 e. The zero-order valence-corrected chi connectivity index (χ0v) is 28.5. The van der Waals surface area contributed by atoms with Gasteiger partial charge in [-0.3, -0.25) is 0 Å². The molecule has 0 saturated carbocycles. The number of nitrogens with zero attached hydrogens (tertiary/aromatic N) is 2. The standard InChI is InChI=1S/C45H42N2O2/c1-33(2)45(48)49-30-12-16-38-15-8-9-21-44(38)47(43-20-11-14-35(4)32-43)41-28-24-37(25-29-41)36-22-26-40(27-23-36)46(39-17-6-5-7-18-39)42-19-10-13-34(3)31-42/h5-11,13-15,17-29,31-32H,1,12,16,30H2,2-4H3. The highest BCUT2D eigenvalue weighted by Gasteiger charge is 2.17. The number of hydrogen-bond donors (Lipinski definition) is 0. The van der Waals surface area contributed by atoms with E-state index < -0.39 is 0 Å². The van der Waals surface area contributed by atoms with Crippen molar-refractivity contribution >= 4 is 40.1 Å². The number of carbonyl (C=O) groups excluding carboxylic acids is 1. The molecule has 6 rings (SSSR count). The molecule has 0 aliphatic heterocycles. The van der Waals surface area contributed by atoms with Gasteiger partial charge in [-0.25, -0.2) is 4.79 Å². The van der Waals surface area contributed by atoms with E-state index in [9.17, 15) is 4.79 Å². The van der Waals surface area contributed by atoms with E-state index in [0.29, 0.717) is 12.2 Å². The Bertz CT molecular complexity index is 2030. The third kappa shape index (κ3) is 7.99. The summed E-state index contributed by atoms with van der Waals surface area (Å²) in [5.41, 5.74) is 12.9. The molecule has 0 saturated heterocycles. The van der Waals surface area contributed by atoms with Crippen LogP contribution in [0.1, 0.15) is 30.0 Å². The SMILES string of the molecule is C=C(C)C(=O)OCCCc1ccccc1N(c1ccc(-c2ccc(N(c3ccccc3)c3cccc(C)c3)cc2)cc1)c1cccc(C)c1. The molecule has 4 nitrogen and oxygen atoms in total. The molecular weight excluding hydrogens is 601 g/mol. The van der Waals surface area contributed by atoms with E-state index in [1.54, 1.807) is 6.92 Å². The van der Waals surface area contributed by atoms with E-state index in [1.165, 1.54) is 16.7 Å². The molecule has 0 aliphatic rings. The summed E-state index contributed by atoms with van der Waals surface area (Å²) in [5.74, 6) is -0.343. The molecule has 0 radical (unpaired) electrons. The second-order valence-corrected chi connectivity index (χ2v) is 12.4. The average Bonchev–Trinajstić information content (AvgIpc) is 3.12. The van der Waals surface area contributed by atoms with Gasteiger partial charge in [0.2, 0.25) is 0 Å². The van der Waals surface area contributed by atoms with Crippen molar-refractivity contribution in [2.24, 2.45) is 0 Å². The first-order valence-corrected chi connectivity index (χ1v) is 16.8. The number of benzene rings is 6. The molecular formula is C45H42N2O2. The summed E-state index contributed by atoms with van der Waals surface area (Å²) >= 11 is 0. The van der Waals surface area contributed by atoms with Gasteiger partial charge in [-0.2, -0.15) is 0 Å². The maximum Gasteiger partial charge on any atom is 0.333 e. The molecule has 0 amide bonds. The molecule has 4 heteroatoms. The third-order valence-corrected chi connectivity index (χ3v) is 8.52. The first-order valence-electron chi connectivity index (χ1n) is 16.8. The highest BCUT2D eigenvalue weighted by Crippen LogP contribution is 2.39. The summed E-state index contributed by atoms with van der Waals surface area (Å²) in [6.45, 7) is 9.95. The van der Waals surface area contributed by atoms with Crippen LogP contribution in [-0.2, 0) is 16.0 Å². The van der Waals surface area contributed by atoms with Gasteiger partial charge >= 0.3 is 5.97 Å². The van der Waals surface area contributed by atoms with E-state index in [-0.39, 0.29) is 5.97 Å².